The molecule has 4 rings (SSSR count). The zero-order valence-corrected chi connectivity index (χ0v) is 17.7. The number of alkyl halides is 3. The van der Waals surface area contributed by atoms with E-state index in [1.165, 1.54) is 6.07 Å². The van der Waals surface area contributed by atoms with E-state index in [4.69, 9.17) is 5.26 Å². The second kappa shape index (κ2) is 9.19. The van der Waals surface area contributed by atoms with E-state index < -0.39 is 11.7 Å². The lowest BCUT2D eigenvalue weighted by Gasteiger charge is -2.34. The number of nitrogens with zero attached hydrogens (tertiary/aromatic N) is 4. The lowest BCUT2D eigenvalue weighted by molar-refractivity contribution is -0.137. The van der Waals surface area contributed by atoms with Crippen LogP contribution in [0.3, 0.4) is 0 Å². The highest BCUT2D eigenvalue weighted by Crippen LogP contribution is 2.36. The predicted molar refractivity (Wildman–Crippen MR) is 116 cm³/mol. The average Bonchev–Trinajstić information content (AvgIpc) is 2.83. The Labute approximate surface area is 185 Å². The van der Waals surface area contributed by atoms with E-state index in [1.54, 1.807) is 12.1 Å². The summed E-state index contributed by atoms with van der Waals surface area (Å²) in [6.07, 6.45) is 1.74. The Kier molecular flexibility index (Phi) is 6.35. The number of anilines is 2. The van der Waals surface area contributed by atoms with Gasteiger partial charge in [0.25, 0.3) is 0 Å². The molecule has 2 aliphatic heterocycles. The van der Waals surface area contributed by atoms with E-state index in [2.05, 4.69) is 16.0 Å². The molecule has 1 aromatic carbocycles. The fraction of sp³-hybridized carbons (Fsp3) is 0.458. The first-order valence-corrected chi connectivity index (χ1v) is 10.9. The number of rotatable bonds is 4. The van der Waals surface area contributed by atoms with Crippen LogP contribution in [0.15, 0.2) is 36.5 Å². The molecular weight excluding hydrogens is 417 g/mol. The van der Waals surface area contributed by atoms with Gasteiger partial charge < -0.3 is 14.6 Å². The molecule has 5 nitrogen and oxygen atoms in total. The molecule has 0 spiro atoms. The Bertz CT molecular complexity index is 984. The highest BCUT2D eigenvalue weighted by molar-refractivity contribution is 5.56. The predicted octanol–water partition coefficient (Wildman–Crippen LogP) is 4.77. The molecule has 1 aromatic heterocycles. The number of carbonyl (C=O) groups is 1. The largest absolute Gasteiger partial charge is 0.417 e. The van der Waals surface area contributed by atoms with Gasteiger partial charge in [-0.2, -0.15) is 18.4 Å². The summed E-state index contributed by atoms with van der Waals surface area (Å²) in [5, 5.41) is 8.98. The van der Waals surface area contributed by atoms with Gasteiger partial charge in [0.1, 0.15) is 6.29 Å². The van der Waals surface area contributed by atoms with Crippen molar-refractivity contribution in [3.8, 4) is 6.07 Å². The van der Waals surface area contributed by atoms with E-state index in [0.717, 1.165) is 62.5 Å². The molecule has 0 bridgehead atoms. The van der Waals surface area contributed by atoms with E-state index in [9.17, 15) is 18.0 Å². The molecule has 0 radical (unpaired) electrons. The van der Waals surface area contributed by atoms with Crippen molar-refractivity contribution in [2.45, 2.75) is 37.8 Å². The standard InChI is InChI=1S/C24H25F3N4O/c25-24(26,27)22-13-20(2-1-19(22)14-28)30-11-7-18(8-12-30)23-4-3-21(15-29-23)31-9-5-17(16-32)6-10-31/h1-4,13,15-18H,5-12H2. The topological polar surface area (TPSA) is 60.2 Å². The molecule has 8 heteroatoms. The van der Waals surface area contributed by atoms with Crippen LogP contribution in [0.2, 0.25) is 0 Å². The minimum absolute atomic E-state index is 0.159. The first kappa shape index (κ1) is 22.1. The smallest absolute Gasteiger partial charge is 0.371 e. The number of pyridine rings is 1. The normalized spacial score (nSPS) is 18.4. The molecule has 0 N–H and O–H groups in total. The maximum atomic E-state index is 13.3. The van der Waals surface area contributed by atoms with Crippen LogP contribution in [0.25, 0.3) is 0 Å². The third kappa shape index (κ3) is 4.72. The lowest BCUT2D eigenvalue weighted by atomic mass is 9.92. The van der Waals surface area contributed by atoms with Crippen LogP contribution < -0.4 is 9.80 Å². The average molecular weight is 442 g/mol. The maximum Gasteiger partial charge on any atom is 0.417 e. The zero-order chi connectivity index (χ0) is 22.7. The summed E-state index contributed by atoms with van der Waals surface area (Å²) in [6.45, 7) is 2.98. The minimum atomic E-state index is -4.55. The Balaban J connectivity index is 1.38. The van der Waals surface area contributed by atoms with Crippen molar-refractivity contribution in [3.05, 3.63) is 53.3 Å². The van der Waals surface area contributed by atoms with Crippen LogP contribution in [0.1, 0.15) is 48.4 Å². The Morgan fingerprint density at radius 3 is 2.16 bits per heavy atom. The Morgan fingerprint density at radius 1 is 0.969 bits per heavy atom. The van der Waals surface area contributed by atoms with Crippen LogP contribution in [-0.4, -0.2) is 37.4 Å². The molecule has 2 aromatic rings. The number of piperidine rings is 2. The zero-order valence-electron chi connectivity index (χ0n) is 17.7. The van der Waals surface area contributed by atoms with Gasteiger partial charge in [-0.1, -0.05) is 0 Å². The van der Waals surface area contributed by atoms with Gasteiger partial charge in [-0.05, 0) is 56.0 Å². The van der Waals surface area contributed by atoms with Crippen molar-refractivity contribution in [2.75, 3.05) is 36.0 Å². The van der Waals surface area contributed by atoms with Gasteiger partial charge in [-0.3, -0.25) is 4.98 Å². The van der Waals surface area contributed by atoms with Gasteiger partial charge in [0.2, 0.25) is 0 Å². The molecule has 2 fully saturated rings. The molecule has 168 valence electrons. The third-order valence-electron chi connectivity index (χ3n) is 6.58. The highest BCUT2D eigenvalue weighted by atomic mass is 19.4. The van der Waals surface area contributed by atoms with Crippen LogP contribution in [-0.2, 0) is 11.0 Å². The SMILES string of the molecule is N#Cc1ccc(N2CCC(c3ccc(N4CCC(C=O)CC4)cn3)CC2)cc1C(F)(F)F. The number of aromatic nitrogens is 1. The monoisotopic (exact) mass is 442 g/mol. The van der Waals surface area contributed by atoms with Crippen molar-refractivity contribution in [1.29, 1.82) is 5.26 Å². The molecular formula is C24H25F3N4O. The van der Waals surface area contributed by atoms with Crippen molar-refractivity contribution >= 4 is 17.7 Å². The summed E-state index contributed by atoms with van der Waals surface area (Å²) in [5.41, 5.74) is 1.33. The van der Waals surface area contributed by atoms with Crippen LogP contribution in [0.5, 0.6) is 0 Å². The first-order chi connectivity index (χ1) is 15.4. The molecule has 2 saturated heterocycles. The minimum Gasteiger partial charge on any atom is -0.371 e. The molecule has 0 saturated carbocycles. The van der Waals surface area contributed by atoms with Gasteiger partial charge in [-0.25, -0.2) is 0 Å². The fourth-order valence-corrected chi connectivity index (χ4v) is 4.61. The summed E-state index contributed by atoms with van der Waals surface area (Å²) >= 11 is 0. The van der Waals surface area contributed by atoms with Crippen LogP contribution in [0, 0.1) is 17.2 Å². The van der Waals surface area contributed by atoms with Crippen LogP contribution >= 0.6 is 0 Å². The molecule has 0 aliphatic carbocycles. The number of benzene rings is 1. The molecule has 0 atom stereocenters. The second-order valence-electron chi connectivity index (χ2n) is 8.50. The van der Waals surface area contributed by atoms with Gasteiger partial charge >= 0.3 is 6.18 Å². The molecule has 3 heterocycles. The Morgan fingerprint density at radius 2 is 1.59 bits per heavy atom. The summed E-state index contributed by atoms with van der Waals surface area (Å²) in [4.78, 5) is 19.8. The number of aldehydes is 1. The van der Waals surface area contributed by atoms with E-state index in [0.29, 0.717) is 18.8 Å². The number of hydrogen-bond acceptors (Lipinski definition) is 5. The second-order valence-corrected chi connectivity index (χ2v) is 8.50. The van der Waals surface area contributed by atoms with Crippen LogP contribution in [0.4, 0.5) is 24.5 Å². The van der Waals surface area contributed by atoms with E-state index in [1.807, 2.05) is 17.2 Å². The quantitative estimate of drug-likeness (QED) is 0.639. The van der Waals surface area contributed by atoms with Crippen molar-refractivity contribution in [2.24, 2.45) is 5.92 Å². The highest BCUT2D eigenvalue weighted by Gasteiger charge is 2.34. The number of nitriles is 1. The van der Waals surface area contributed by atoms with Gasteiger partial charge in [0.15, 0.2) is 0 Å². The third-order valence-corrected chi connectivity index (χ3v) is 6.58. The summed E-state index contributed by atoms with van der Waals surface area (Å²) < 4.78 is 39.8. The molecule has 0 unspecified atom stereocenters. The number of carbonyl (C=O) groups excluding carboxylic acids is 1. The fourth-order valence-electron chi connectivity index (χ4n) is 4.61. The van der Waals surface area contributed by atoms with Crippen molar-refractivity contribution in [3.63, 3.8) is 0 Å². The van der Waals surface area contributed by atoms with E-state index >= 15 is 0 Å². The molecule has 2 aliphatic rings. The lowest BCUT2D eigenvalue weighted by Crippen LogP contribution is -2.34. The van der Waals surface area contributed by atoms with Crippen molar-refractivity contribution < 1.29 is 18.0 Å². The first-order valence-electron chi connectivity index (χ1n) is 10.9. The molecule has 32 heavy (non-hydrogen) atoms. The summed E-state index contributed by atoms with van der Waals surface area (Å²) in [5.74, 6) is 0.425. The number of hydrogen-bond donors (Lipinski definition) is 0. The van der Waals surface area contributed by atoms with Gasteiger partial charge in [0, 0.05) is 49.4 Å². The van der Waals surface area contributed by atoms with E-state index in [-0.39, 0.29) is 17.4 Å². The summed E-state index contributed by atoms with van der Waals surface area (Å²) in [7, 11) is 0. The number of halogens is 3. The van der Waals surface area contributed by atoms with Crippen molar-refractivity contribution in [1.82, 2.24) is 4.98 Å². The summed E-state index contributed by atoms with van der Waals surface area (Å²) in [6, 6.07) is 9.68. The molecule has 0 amide bonds. The van der Waals surface area contributed by atoms with Gasteiger partial charge in [-0.15, -0.1) is 0 Å². The Hall–Kier alpha value is -3.08. The maximum absolute atomic E-state index is 13.3. The van der Waals surface area contributed by atoms with Gasteiger partial charge in [0.05, 0.1) is 29.1 Å².